The van der Waals surface area contributed by atoms with Crippen LogP contribution in [0.15, 0.2) is 29.3 Å². The number of nitrogens with one attached hydrogen (secondary N) is 1. The monoisotopic (exact) mass is 314 g/mol. The van der Waals surface area contributed by atoms with Gasteiger partial charge in [0.25, 0.3) is 5.91 Å². The van der Waals surface area contributed by atoms with Crippen LogP contribution in [0.1, 0.15) is 6.92 Å². The minimum Gasteiger partial charge on any atom is -0.325 e. The zero-order valence-electron chi connectivity index (χ0n) is 10.1. The highest BCUT2D eigenvalue weighted by atomic mass is 35.5. The van der Waals surface area contributed by atoms with E-state index in [1.54, 1.807) is 31.2 Å². The lowest BCUT2D eigenvalue weighted by molar-refractivity contribution is -0.116. The van der Waals surface area contributed by atoms with Gasteiger partial charge in [0, 0.05) is 10.7 Å². The maximum atomic E-state index is 12.0. The molecule has 1 aliphatic heterocycles. The average molecular weight is 315 g/mol. The fraction of sp³-hybridized carbons (Fsp3) is 0.250. The lowest BCUT2D eigenvalue weighted by atomic mass is 10.3. The van der Waals surface area contributed by atoms with Crippen molar-refractivity contribution < 1.29 is 9.59 Å². The van der Waals surface area contributed by atoms with Crippen molar-refractivity contribution in [2.45, 2.75) is 12.2 Å². The van der Waals surface area contributed by atoms with Gasteiger partial charge in [0.2, 0.25) is 5.91 Å². The summed E-state index contributed by atoms with van der Waals surface area (Å²) >= 11 is 8.44. The van der Waals surface area contributed by atoms with Crippen LogP contribution in [0.25, 0.3) is 0 Å². The van der Waals surface area contributed by atoms with E-state index in [1.165, 1.54) is 23.5 Å². The molecule has 100 valence electrons. The lowest BCUT2D eigenvalue weighted by Gasteiger charge is -2.11. The van der Waals surface area contributed by atoms with Crippen LogP contribution in [0, 0.1) is 0 Å². The molecule has 1 aromatic rings. The summed E-state index contributed by atoms with van der Waals surface area (Å²) in [6.07, 6.45) is 0. The maximum absolute atomic E-state index is 12.0. The van der Waals surface area contributed by atoms with Gasteiger partial charge in [-0.2, -0.15) is 4.99 Å². The van der Waals surface area contributed by atoms with Crippen molar-refractivity contribution in [2.75, 3.05) is 11.1 Å². The molecule has 1 N–H and O–H groups in total. The molecule has 19 heavy (non-hydrogen) atoms. The van der Waals surface area contributed by atoms with Gasteiger partial charge < -0.3 is 5.32 Å². The van der Waals surface area contributed by atoms with E-state index in [2.05, 4.69) is 10.3 Å². The molecule has 2 rings (SSSR count). The van der Waals surface area contributed by atoms with Crippen molar-refractivity contribution in [3.8, 4) is 0 Å². The Hall–Kier alpha value is -0.980. The first-order chi connectivity index (χ1) is 9.04. The smallest absolute Gasteiger partial charge is 0.257 e. The number of hydrogen-bond donors (Lipinski definition) is 1. The van der Waals surface area contributed by atoms with Crippen molar-refractivity contribution in [3.05, 3.63) is 29.3 Å². The zero-order valence-corrected chi connectivity index (χ0v) is 12.4. The summed E-state index contributed by atoms with van der Waals surface area (Å²) in [5, 5.41) is 3.10. The van der Waals surface area contributed by atoms with Crippen LogP contribution in [0.5, 0.6) is 0 Å². The summed E-state index contributed by atoms with van der Waals surface area (Å²) in [6, 6.07) is 6.90. The lowest BCUT2D eigenvalue weighted by Crippen LogP contribution is -2.23. The molecule has 2 amide bonds. The van der Waals surface area contributed by atoms with Crippen LogP contribution in [0.3, 0.4) is 0 Å². The normalized spacial score (nSPS) is 16.1. The molecule has 0 aromatic heterocycles. The molecule has 0 bridgehead atoms. The number of carbonyl (C=O) groups excluding carboxylic acids is 2. The first kappa shape index (κ1) is 14.4. The van der Waals surface area contributed by atoms with Crippen LogP contribution in [0.2, 0.25) is 5.02 Å². The topological polar surface area (TPSA) is 58.5 Å². The van der Waals surface area contributed by atoms with E-state index in [9.17, 15) is 9.59 Å². The van der Waals surface area contributed by atoms with Crippen LogP contribution < -0.4 is 5.32 Å². The predicted octanol–water partition coefficient (Wildman–Crippen LogP) is 3.03. The minimum atomic E-state index is -0.312. The van der Waals surface area contributed by atoms with Gasteiger partial charge in [0.05, 0.1) is 11.0 Å². The van der Waals surface area contributed by atoms with E-state index >= 15 is 0 Å². The molecule has 1 aromatic carbocycles. The van der Waals surface area contributed by atoms with Crippen molar-refractivity contribution in [3.63, 3.8) is 0 Å². The standard InChI is InChI=1S/C12H11ClN2O2S2/c1-7(19-12-15-10(16)6-18-12)11(17)14-9-4-2-8(13)3-5-9/h2-5,7H,6H2,1H3,(H,14,17). The largest absolute Gasteiger partial charge is 0.325 e. The van der Waals surface area contributed by atoms with Crippen LogP contribution in [0.4, 0.5) is 5.69 Å². The molecule has 1 heterocycles. The quantitative estimate of drug-likeness (QED) is 0.931. The van der Waals surface area contributed by atoms with E-state index in [0.29, 0.717) is 20.8 Å². The van der Waals surface area contributed by atoms with Crippen molar-refractivity contribution in [1.82, 2.24) is 0 Å². The summed E-state index contributed by atoms with van der Waals surface area (Å²) in [7, 11) is 0. The molecule has 7 heteroatoms. The van der Waals surface area contributed by atoms with Crippen molar-refractivity contribution in [1.29, 1.82) is 0 Å². The molecule has 0 fully saturated rings. The molecular formula is C12H11ClN2O2S2. The third-order valence-corrected chi connectivity index (χ3v) is 4.78. The number of nitrogens with zero attached hydrogens (tertiary/aromatic N) is 1. The molecule has 1 aliphatic rings. The van der Waals surface area contributed by atoms with E-state index < -0.39 is 0 Å². The molecule has 0 spiro atoms. The third-order valence-electron chi connectivity index (χ3n) is 2.29. The van der Waals surface area contributed by atoms with Crippen molar-refractivity contribution in [2.24, 2.45) is 4.99 Å². The number of amides is 2. The minimum absolute atomic E-state index is 0.130. The number of thioether (sulfide) groups is 2. The Bertz CT molecular complexity index is 531. The second-order valence-corrected chi connectivity index (χ2v) is 6.80. The number of rotatable bonds is 3. The Morgan fingerprint density at radius 2 is 2.16 bits per heavy atom. The van der Waals surface area contributed by atoms with Gasteiger partial charge >= 0.3 is 0 Å². The Kier molecular flexibility index (Phi) is 4.90. The summed E-state index contributed by atoms with van der Waals surface area (Å²) in [5.41, 5.74) is 0.693. The molecule has 0 radical (unpaired) electrons. The Morgan fingerprint density at radius 3 is 2.74 bits per heavy atom. The Balaban J connectivity index is 1.90. The molecule has 1 atom stereocenters. The molecule has 0 saturated carbocycles. The van der Waals surface area contributed by atoms with E-state index in [4.69, 9.17) is 11.6 Å². The Labute approximate surface area is 124 Å². The molecule has 4 nitrogen and oxygen atoms in total. The number of hydrogen-bond acceptors (Lipinski definition) is 4. The first-order valence-corrected chi connectivity index (χ1v) is 7.76. The van der Waals surface area contributed by atoms with Gasteiger partial charge in [-0.15, -0.1) is 0 Å². The van der Waals surface area contributed by atoms with Gasteiger partial charge in [0.15, 0.2) is 0 Å². The SMILES string of the molecule is CC(SC1=NC(=O)CS1)C(=O)Nc1ccc(Cl)cc1. The van der Waals surface area contributed by atoms with E-state index in [-0.39, 0.29) is 17.1 Å². The van der Waals surface area contributed by atoms with Gasteiger partial charge in [0.1, 0.15) is 4.38 Å². The maximum Gasteiger partial charge on any atom is 0.257 e. The van der Waals surface area contributed by atoms with Crippen LogP contribution in [-0.2, 0) is 9.59 Å². The number of carbonyl (C=O) groups is 2. The number of aliphatic imine (C=N–C) groups is 1. The fourth-order valence-electron chi connectivity index (χ4n) is 1.33. The predicted molar refractivity (Wildman–Crippen MR) is 82.0 cm³/mol. The van der Waals surface area contributed by atoms with E-state index in [1.807, 2.05) is 0 Å². The summed E-state index contributed by atoms with van der Waals surface area (Å²) in [5.74, 6) is 0.0983. The third kappa shape index (κ3) is 4.26. The number of halogens is 1. The molecule has 1 unspecified atom stereocenters. The van der Waals surface area contributed by atoms with Gasteiger partial charge in [-0.3, -0.25) is 9.59 Å². The van der Waals surface area contributed by atoms with E-state index in [0.717, 1.165) is 0 Å². The highest BCUT2D eigenvalue weighted by Gasteiger charge is 2.21. The second kappa shape index (κ2) is 6.45. The molecule has 0 saturated heterocycles. The van der Waals surface area contributed by atoms with Gasteiger partial charge in [-0.25, -0.2) is 0 Å². The highest BCUT2D eigenvalue weighted by Crippen LogP contribution is 2.27. The average Bonchev–Trinajstić information content (AvgIpc) is 2.77. The second-order valence-electron chi connectivity index (χ2n) is 3.82. The highest BCUT2D eigenvalue weighted by molar-refractivity contribution is 8.39. The Morgan fingerprint density at radius 1 is 1.47 bits per heavy atom. The van der Waals surface area contributed by atoms with Crippen LogP contribution >= 0.6 is 35.1 Å². The van der Waals surface area contributed by atoms with Gasteiger partial charge in [-0.1, -0.05) is 35.1 Å². The fourth-order valence-corrected chi connectivity index (χ4v) is 3.44. The molecular weight excluding hydrogens is 304 g/mol. The van der Waals surface area contributed by atoms with Crippen LogP contribution in [-0.4, -0.2) is 27.2 Å². The number of benzene rings is 1. The molecule has 0 aliphatic carbocycles. The first-order valence-electron chi connectivity index (χ1n) is 5.52. The summed E-state index contributed by atoms with van der Waals surface area (Å²) in [6.45, 7) is 1.78. The van der Waals surface area contributed by atoms with Gasteiger partial charge in [-0.05, 0) is 31.2 Å². The zero-order chi connectivity index (χ0) is 13.8. The summed E-state index contributed by atoms with van der Waals surface area (Å²) in [4.78, 5) is 26.8. The van der Waals surface area contributed by atoms with Crippen molar-refractivity contribution >= 4 is 57.0 Å². The summed E-state index contributed by atoms with van der Waals surface area (Å²) < 4.78 is 0.656. The number of anilines is 1.